The van der Waals surface area contributed by atoms with Crippen LogP contribution in [0.3, 0.4) is 0 Å². The molecule has 1 unspecified atom stereocenters. The van der Waals surface area contributed by atoms with Gasteiger partial charge in [-0.25, -0.2) is 0 Å². The standard InChI is InChI=1S/C15H18N2OS/c1-17(2)9-11-6-10-7-12(15-4-3-5-19-15)13(16)8-14(10)18-11/h3-5,7-8,11H,6,9,16H2,1-2H3. The molecule has 1 aliphatic heterocycles. The van der Waals surface area contributed by atoms with Crippen LogP contribution < -0.4 is 10.5 Å². The number of rotatable bonds is 3. The maximum Gasteiger partial charge on any atom is 0.125 e. The van der Waals surface area contributed by atoms with Gasteiger partial charge in [-0.1, -0.05) is 6.07 Å². The van der Waals surface area contributed by atoms with E-state index in [-0.39, 0.29) is 6.10 Å². The highest BCUT2D eigenvalue weighted by Crippen LogP contribution is 2.38. The zero-order valence-electron chi connectivity index (χ0n) is 11.2. The predicted molar refractivity (Wildman–Crippen MR) is 80.8 cm³/mol. The Balaban J connectivity index is 1.90. The normalized spacial score (nSPS) is 17.5. The summed E-state index contributed by atoms with van der Waals surface area (Å²) >= 11 is 1.72. The third-order valence-electron chi connectivity index (χ3n) is 3.33. The molecule has 0 fully saturated rings. The van der Waals surface area contributed by atoms with Crippen molar-refractivity contribution in [1.29, 1.82) is 0 Å². The topological polar surface area (TPSA) is 38.5 Å². The highest BCUT2D eigenvalue weighted by atomic mass is 32.1. The van der Waals surface area contributed by atoms with E-state index >= 15 is 0 Å². The molecule has 0 amide bonds. The molecule has 1 atom stereocenters. The number of fused-ring (bicyclic) bond motifs is 1. The maximum atomic E-state index is 6.15. The van der Waals surface area contributed by atoms with Crippen molar-refractivity contribution >= 4 is 17.0 Å². The van der Waals surface area contributed by atoms with Crippen molar-refractivity contribution in [3.05, 3.63) is 35.2 Å². The molecule has 1 aliphatic rings. The summed E-state index contributed by atoms with van der Waals surface area (Å²) in [6, 6.07) is 8.32. The second-order valence-electron chi connectivity index (χ2n) is 5.23. The lowest BCUT2D eigenvalue weighted by atomic mass is 10.0. The van der Waals surface area contributed by atoms with Gasteiger partial charge in [0.1, 0.15) is 11.9 Å². The Bertz CT molecular complexity index is 578. The second-order valence-corrected chi connectivity index (χ2v) is 6.18. The summed E-state index contributed by atoms with van der Waals surface area (Å²) in [5.74, 6) is 0.949. The summed E-state index contributed by atoms with van der Waals surface area (Å²) in [7, 11) is 4.13. The molecule has 2 heterocycles. The number of anilines is 1. The Morgan fingerprint density at radius 2 is 2.26 bits per heavy atom. The average molecular weight is 274 g/mol. The third-order valence-corrected chi connectivity index (χ3v) is 4.23. The number of nitrogen functional groups attached to an aromatic ring is 1. The lowest BCUT2D eigenvalue weighted by Crippen LogP contribution is -2.29. The van der Waals surface area contributed by atoms with Gasteiger partial charge in [-0.3, -0.25) is 0 Å². The number of hydrogen-bond donors (Lipinski definition) is 1. The van der Waals surface area contributed by atoms with E-state index in [2.05, 4.69) is 42.6 Å². The Hall–Kier alpha value is -1.52. The van der Waals surface area contributed by atoms with E-state index in [1.165, 1.54) is 10.4 Å². The molecule has 0 spiro atoms. The van der Waals surface area contributed by atoms with Crippen molar-refractivity contribution in [2.75, 3.05) is 26.4 Å². The van der Waals surface area contributed by atoms with Gasteiger partial charge in [-0.15, -0.1) is 11.3 Å². The van der Waals surface area contributed by atoms with Gasteiger partial charge < -0.3 is 15.4 Å². The summed E-state index contributed by atoms with van der Waals surface area (Å²) in [4.78, 5) is 3.37. The second kappa shape index (κ2) is 4.87. The first-order chi connectivity index (χ1) is 9.13. The molecule has 0 saturated carbocycles. The van der Waals surface area contributed by atoms with Gasteiger partial charge in [-0.05, 0) is 37.2 Å². The number of hydrogen-bond acceptors (Lipinski definition) is 4. The molecule has 100 valence electrons. The lowest BCUT2D eigenvalue weighted by Gasteiger charge is -2.15. The molecule has 2 aromatic rings. The van der Waals surface area contributed by atoms with Gasteiger partial charge in [0, 0.05) is 35.2 Å². The molecule has 1 aromatic carbocycles. The van der Waals surface area contributed by atoms with Crippen molar-refractivity contribution in [2.45, 2.75) is 12.5 Å². The van der Waals surface area contributed by atoms with Crippen LogP contribution in [-0.4, -0.2) is 31.6 Å². The van der Waals surface area contributed by atoms with Crippen LogP contribution in [0.2, 0.25) is 0 Å². The van der Waals surface area contributed by atoms with E-state index in [0.717, 1.165) is 30.0 Å². The molecule has 2 N–H and O–H groups in total. The average Bonchev–Trinajstić information content (AvgIpc) is 2.94. The number of likely N-dealkylation sites (N-methyl/N-ethyl adjacent to an activating group) is 1. The van der Waals surface area contributed by atoms with E-state index in [9.17, 15) is 0 Å². The number of thiophene rings is 1. The Morgan fingerprint density at radius 3 is 2.95 bits per heavy atom. The van der Waals surface area contributed by atoms with Crippen LogP contribution in [0.15, 0.2) is 29.6 Å². The van der Waals surface area contributed by atoms with Crippen LogP contribution in [-0.2, 0) is 6.42 Å². The van der Waals surface area contributed by atoms with Gasteiger partial charge in [-0.2, -0.15) is 0 Å². The number of ether oxygens (including phenoxy) is 1. The van der Waals surface area contributed by atoms with Gasteiger partial charge in [0.2, 0.25) is 0 Å². The minimum atomic E-state index is 0.239. The maximum absolute atomic E-state index is 6.15. The van der Waals surface area contributed by atoms with Gasteiger partial charge >= 0.3 is 0 Å². The summed E-state index contributed by atoms with van der Waals surface area (Å²) in [6.07, 6.45) is 1.20. The number of benzene rings is 1. The number of nitrogens with zero attached hydrogens (tertiary/aromatic N) is 1. The highest BCUT2D eigenvalue weighted by Gasteiger charge is 2.24. The molecule has 3 nitrogen and oxygen atoms in total. The SMILES string of the molecule is CN(C)CC1Cc2cc(-c3cccs3)c(N)cc2O1. The Labute approximate surface area is 117 Å². The van der Waals surface area contributed by atoms with E-state index in [4.69, 9.17) is 10.5 Å². The zero-order chi connectivity index (χ0) is 13.4. The number of nitrogens with two attached hydrogens (primary N) is 1. The van der Waals surface area contributed by atoms with Crippen LogP contribution in [0, 0.1) is 0 Å². The molecular formula is C15H18N2OS. The van der Waals surface area contributed by atoms with Crippen LogP contribution in [0.25, 0.3) is 10.4 Å². The molecule has 0 saturated heterocycles. The first-order valence-electron chi connectivity index (χ1n) is 6.41. The molecule has 0 aliphatic carbocycles. The van der Waals surface area contributed by atoms with E-state index in [1.807, 2.05) is 6.07 Å². The summed E-state index contributed by atoms with van der Waals surface area (Å²) in [6.45, 7) is 0.933. The quantitative estimate of drug-likeness (QED) is 0.875. The van der Waals surface area contributed by atoms with Crippen LogP contribution >= 0.6 is 11.3 Å². The minimum absolute atomic E-state index is 0.239. The first kappa shape index (κ1) is 12.5. The van der Waals surface area contributed by atoms with Gasteiger partial charge in [0.25, 0.3) is 0 Å². The van der Waals surface area contributed by atoms with Crippen molar-refractivity contribution in [1.82, 2.24) is 4.90 Å². The molecule has 19 heavy (non-hydrogen) atoms. The van der Waals surface area contributed by atoms with E-state index < -0.39 is 0 Å². The van der Waals surface area contributed by atoms with Gasteiger partial charge in [0.15, 0.2) is 0 Å². The molecule has 0 radical (unpaired) electrons. The monoisotopic (exact) mass is 274 g/mol. The lowest BCUT2D eigenvalue weighted by molar-refractivity contribution is 0.184. The van der Waals surface area contributed by atoms with E-state index in [1.54, 1.807) is 11.3 Å². The smallest absolute Gasteiger partial charge is 0.125 e. The summed E-state index contributed by atoms with van der Waals surface area (Å²) < 4.78 is 5.95. The third kappa shape index (κ3) is 2.46. The molecular weight excluding hydrogens is 256 g/mol. The van der Waals surface area contributed by atoms with Gasteiger partial charge in [0.05, 0.1) is 0 Å². The Kier molecular flexibility index (Phi) is 3.21. The molecule has 4 heteroatoms. The van der Waals surface area contributed by atoms with Crippen LogP contribution in [0.4, 0.5) is 5.69 Å². The fourth-order valence-corrected chi connectivity index (χ4v) is 3.30. The molecule has 0 bridgehead atoms. The fraction of sp³-hybridized carbons (Fsp3) is 0.333. The Morgan fingerprint density at radius 1 is 1.42 bits per heavy atom. The van der Waals surface area contributed by atoms with E-state index in [0.29, 0.717) is 0 Å². The first-order valence-corrected chi connectivity index (χ1v) is 7.29. The highest BCUT2D eigenvalue weighted by molar-refractivity contribution is 7.13. The minimum Gasteiger partial charge on any atom is -0.488 e. The van der Waals surface area contributed by atoms with Crippen LogP contribution in [0.5, 0.6) is 5.75 Å². The zero-order valence-corrected chi connectivity index (χ0v) is 12.0. The molecule has 3 rings (SSSR count). The predicted octanol–water partition coefficient (Wildman–Crippen LogP) is 2.86. The largest absolute Gasteiger partial charge is 0.488 e. The fourth-order valence-electron chi connectivity index (χ4n) is 2.53. The van der Waals surface area contributed by atoms with Crippen molar-refractivity contribution < 1.29 is 4.74 Å². The van der Waals surface area contributed by atoms with Crippen LogP contribution in [0.1, 0.15) is 5.56 Å². The summed E-state index contributed by atoms with van der Waals surface area (Å²) in [5.41, 5.74) is 9.34. The van der Waals surface area contributed by atoms with Crippen molar-refractivity contribution in [3.8, 4) is 16.2 Å². The van der Waals surface area contributed by atoms with Crippen molar-refractivity contribution in [3.63, 3.8) is 0 Å². The van der Waals surface area contributed by atoms with Crippen molar-refractivity contribution in [2.24, 2.45) is 0 Å². The molecule has 1 aromatic heterocycles. The summed E-state index contributed by atoms with van der Waals surface area (Å²) in [5, 5.41) is 2.08.